The van der Waals surface area contributed by atoms with Gasteiger partial charge in [-0.15, -0.1) is 0 Å². The summed E-state index contributed by atoms with van der Waals surface area (Å²) in [6.45, 7) is 5.60. The highest BCUT2D eigenvalue weighted by Gasteiger charge is 2.13. The second-order valence-corrected chi connectivity index (χ2v) is 5.52. The third-order valence-corrected chi connectivity index (χ3v) is 3.92. The molecule has 0 aliphatic rings. The smallest absolute Gasteiger partial charge is 0.310 e. The van der Waals surface area contributed by atoms with E-state index in [1.165, 1.54) is 11.3 Å². The Hall–Kier alpha value is -1.88. The maximum Gasteiger partial charge on any atom is 0.310 e. The van der Waals surface area contributed by atoms with E-state index in [2.05, 4.69) is 4.98 Å². The Labute approximate surface area is 115 Å². The molecule has 1 unspecified atom stereocenters. The summed E-state index contributed by atoms with van der Waals surface area (Å²) in [6, 6.07) is 7.06. The Balaban J connectivity index is 2.12. The van der Waals surface area contributed by atoms with Crippen molar-refractivity contribution in [3.63, 3.8) is 0 Å². The van der Waals surface area contributed by atoms with E-state index >= 15 is 0 Å². The number of ether oxygens (including phenoxy) is 1. The molecule has 4 nitrogen and oxygen atoms in total. The highest BCUT2D eigenvalue weighted by molar-refractivity contribution is 7.13. The molecule has 0 saturated carbocycles. The number of nitrogens with zero attached hydrogens (tertiary/aromatic N) is 1. The first-order valence-electron chi connectivity index (χ1n) is 5.92. The van der Waals surface area contributed by atoms with Crippen molar-refractivity contribution in [3.05, 3.63) is 40.4 Å². The number of benzene rings is 1. The van der Waals surface area contributed by atoms with Crippen LogP contribution in [0.15, 0.2) is 24.3 Å². The molecule has 1 aromatic heterocycles. The summed E-state index contributed by atoms with van der Waals surface area (Å²) in [5.41, 5.74) is 1.72. The molecule has 5 heteroatoms. The number of aryl methyl sites for hydroxylation is 2. The van der Waals surface area contributed by atoms with Gasteiger partial charge in [0.05, 0.1) is 11.6 Å². The number of carboxylic acid groups (broad SMARTS) is 1. The average molecular weight is 277 g/mol. The van der Waals surface area contributed by atoms with Crippen molar-refractivity contribution in [2.75, 3.05) is 0 Å². The molecule has 0 spiro atoms. The Morgan fingerprint density at radius 3 is 2.42 bits per heavy atom. The number of aromatic nitrogens is 1. The first kappa shape index (κ1) is 13.5. The van der Waals surface area contributed by atoms with Crippen LogP contribution in [0.4, 0.5) is 0 Å². The van der Waals surface area contributed by atoms with Gasteiger partial charge < -0.3 is 9.84 Å². The van der Waals surface area contributed by atoms with E-state index in [1.54, 1.807) is 31.2 Å². The summed E-state index contributed by atoms with van der Waals surface area (Å²) in [7, 11) is 0. The van der Waals surface area contributed by atoms with Crippen molar-refractivity contribution in [1.82, 2.24) is 4.98 Å². The zero-order valence-corrected chi connectivity index (χ0v) is 11.8. The lowest BCUT2D eigenvalue weighted by molar-refractivity contribution is -0.138. The number of hydrogen-bond acceptors (Lipinski definition) is 4. The van der Waals surface area contributed by atoms with Crippen LogP contribution in [0.5, 0.6) is 10.9 Å². The second kappa shape index (κ2) is 5.40. The molecule has 1 N–H and O–H groups in total. The van der Waals surface area contributed by atoms with E-state index < -0.39 is 11.9 Å². The largest absolute Gasteiger partial charge is 0.481 e. The molecule has 1 heterocycles. The SMILES string of the molecule is Cc1nc(Oc2ccc(C(C)C(=O)O)cc2)sc1C. The molecule has 0 saturated heterocycles. The third kappa shape index (κ3) is 3.12. The molecular weight excluding hydrogens is 262 g/mol. The van der Waals surface area contributed by atoms with Gasteiger partial charge in [0, 0.05) is 4.88 Å². The van der Waals surface area contributed by atoms with Crippen molar-refractivity contribution < 1.29 is 14.6 Å². The van der Waals surface area contributed by atoms with Crippen LogP contribution in [0, 0.1) is 13.8 Å². The second-order valence-electron chi connectivity index (χ2n) is 4.35. The molecule has 19 heavy (non-hydrogen) atoms. The van der Waals surface area contributed by atoms with Gasteiger partial charge in [-0.1, -0.05) is 23.5 Å². The lowest BCUT2D eigenvalue weighted by Gasteiger charge is -2.07. The molecule has 100 valence electrons. The fraction of sp³-hybridized carbons (Fsp3) is 0.286. The molecule has 2 rings (SSSR count). The van der Waals surface area contributed by atoms with E-state index in [-0.39, 0.29) is 0 Å². The summed E-state index contributed by atoms with van der Waals surface area (Å²) in [4.78, 5) is 16.3. The maximum absolute atomic E-state index is 10.9. The quantitative estimate of drug-likeness (QED) is 0.924. The molecule has 2 aromatic rings. The van der Waals surface area contributed by atoms with E-state index in [0.29, 0.717) is 10.9 Å². The lowest BCUT2D eigenvalue weighted by atomic mass is 10.0. The molecule has 0 radical (unpaired) electrons. The summed E-state index contributed by atoms with van der Waals surface area (Å²) < 4.78 is 5.64. The fourth-order valence-corrected chi connectivity index (χ4v) is 2.33. The van der Waals surface area contributed by atoms with Crippen LogP contribution < -0.4 is 4.74 Å². The van der Waals surface area contributed by atoms with E-state index in [1.807, 2.05) is 13.8 Å². The van der Waals surface area contributed by atoms with Crippen LogP contribution in [-0.2, 0) is 4.79 Å². The van der Waals surface area contributed by atoms with Gasteiger partial charge in [-0.2, -0.15) is 0 Å². The Kier molecular flexibility index (Phi) is 3.85. The minimum absolute atomic E-state index is 0.515. The highest BCUT2D eigenvalue weighted by Crippen LogP contribution is 2.29. The summed E-state index contributed by atoms with van der Waals surface area (Å²) in [5, 5.41) is 9.54. The van der Waals surface area contributed by atoms with Gasteiger partial charge in [-0.05, 0) is 38.5 Å². The zero-order chi connectivity index (χ0) is 14.0. The van der Waals surface area contributed by atoms with Gasteiger partial charge in [0.2, 0.25) is 0 Å². The molecular formula is C14H15NO3S. The van der Waals surface area contributed by atoms with Crippen LogP contribution in [-0.4, -0.2) is 16.1 Å². The first-order valence-corrected chi connectivity index (χ1v) is 6.73. The lowest BCUT2D eigenvalue weighted by Crippen LogP contribution is -2.06. The first-order chi connectivity index (χ1) is 8.97. The standard InChI is InChI=1S/C14H15NO3S/c1-8(13(16)17)11-4-6-12(7-5-11)18-14-15-9(2)10(3)19-14/h4-8H,1-3H3,(H,16,17). The van der Waals surface area contributed by atoms with Crippen LogP contribution in [0.2, 0.25) is 0 Å². The molecule has 0 bridgehead atoms. The van der Waals surface area contributed by atoms with Gasteiger partial charge in [0.25, 0.3) is 5.19 Å². The number of carboxylic acids is 1. The number of thiazole rings is 1. The minimum Gasteiger partial charge on any atom is -0.481 e. The fourth-order valence-electron chi connectivity index (χ4n) is 1.55. The van der Waals surface area contributed by atoms with Gasteiger partial charge in [-0.3, -0.25) is 4.79 Å². The molecule has 1 atom stereocenters. The monoisotopic (exact) mass is 277 g/mol. The highest BCUT2D eigenvalue weighted by atomic mass is 32.1. The molecule has 0 aliphatic heterocycles. The number of aliphatic carboxylic acids is 1. The van der Waals surface area contributed by atoms with E-state index in [9.17, 15) is 4.79 Å². The number of carbonyl (C=O) groups is 1. The topological polar surface area (TPSA) is 59.4 Å². The van der Waals surface area contributed by atoms with Crippen molar-refractivity contribution in [3.8, 4) is 10.9 Å². The van der Waals surface area contributed by atoms with Gasteiger partial charge in [0.1, 0.15) is 5.75 Å². The van der Waals surface area contributed by atoms with Crippen molar-refractivity contribution >= 4 is 17.3 Å². The van der Waals surface area contributed by atoms with E-state index in [4.69, 9.17) is 9.84 Å². The van der Waals surface area contributed by atoms with Crippen LogP contribution >= 0.6 is 11.3 Å². The van der Waals surface area contributed by atoms with Gasteiger partial charge in [-0.25, -0.2) is 4.98 Å². The number of hydrogen-bond donors (Lipinski definition) is 1. The van der Waals surface area contributed by atoms with Crippen LogP contribution in [0.1, 0.15) is 29.0 Å². The minimum atomic E-state index is -0.833. The van der Waals surface area contributed by atoms with Crippen LogP contribution in [0.25, 0.3) is 0 Å². The summed E-state index contributed by atoms with van der Waals surface area (Å²) in [6.07, 6.45) is 0. The molecule has 0 amide bonds. The predicted octanol–water partition coefficient (Wildman–Crippen LogP) is 3.74. The summed E-state index contributed by atoms with van der Waals surface area (Å²) >= 11 is 1.50. The molecule has 0 fully saturated rings. The molecule has 1 aromatic carbocycles. The average Bonchev–Trinajstić information content (AvgIpc) is 2.68. The van der Waals surface area contributed by atoms with Gasteiger partial charge >= 0.3 is 5.97 Å². The Bertz CT molecular complexity index is 570. The molecule has 0 aliphatic carbocycles. The third-order valence-electron chi connectivity index (χ3n) is 2.96. The van der Waals surface area contributed by atoms with E-state index in [0.717, 1.165) is 16.1 Å². The van der Waals surface area contributed by atoms with Crippen molar-refractivity contribution in [2.24, 2.45) is 0 Å². The van der Waals surface area contributed by atoms with Crippen molar-refractivity contribution in [1.29, 1.82) is 0 Å². The Morgan fingerprint density at radius 1 is 1.32 bits per heavy atom. The normalized spacial score (nSPS) is 12.2. The predicted molar refractivity (Wildman–Crippen MR) is 74.2 cm³/mol. The zero-order valence-electron chi connectivity index (χ0n) is 11.0. The van der Waals surface area contributed by atoms with Crippen molar-refractivity contribution in [2.45, 2.75) is 26.7 Å². The Morgan fingerprint density at radius 2 is 1.95 bits per heavy atom. The number of rotatable bonds is 4. The van der Waals surface area contributed by atoms with Crippen LogP contribution in [0.3, 0.4) is 0 Å². The van der Waals surface area contributed by atoms with Gasteiger partial charge in [0.15, 0.2) is 0 Å². The summed E-state index contributed by atoms with van der Waals surface area (Å²) in [5.74, 6) is -0.687. The maximum atomic E-state index is 10.9.